The summed E-state index contributed by atoms with van der Waals surface area (Å²) < 4.78 is 0. The maximum Gasteiger partial charge on any atom is 0.220 e. The van der Waals surface area contributed by atoms with Crippen LogP contribution in [-0.4, -0.2) is 46.1 Å². The molecule has 0 bridgehead atoms. The predicted molar refractivity (Wildman–Crippen MR) is 296 cm³/mol. The van der Waals surface area contributed by atoms with E-state index in [1.165, 1.54) is 257 Å². The van der Waals surface area contributed by atoms with Crippen molar-refractivity contribution in [3.05, 3.63) is 36.5 Å². The molecule has 4 N–H and O–H groups in total. The molecule has 3 atom stereocenters. The average Bonchev–Trinajstić information content (AvgIpc) is 3.33. The van der Waals surface area contributed by atoms with E-state index in [1.807, 2.05) is 0 Å². The normalized spacial score (nSPS) is 13.4. The Kier molecular flexibility index (Phi) is 55.9. The molecule has 0 saturated heterocycles. The van der Waals surface area contributed by atoms with Gasteiger partial charge in [-0.1, -0.05) is 281 Å². The van der Waals surface area contributed by atoms with Crippen molar-refractivity contribution in [3.8, 4) is 0 Å². The van der Waals surface area contributed by atoms with E-state index in [4.69, 9.17) is 0 Å². The predicted octanol–water partition coefficient (Wildman–Crippen LogP) is 19.0. The number of amides is 1. The number of unbranched alkanes of at least 4 members (excludes halogenated alkanes) is 42. The van der Waals surface area contributed by atoms with Gasteiger partial charge < -0.3 is 20.6 Å². The minimum atomic E-state index is -1.17. The molecule has 0 aromatic heterocycles. The molecule has 1 amide bonds. The number of hydrogen-bond acceptors (Lipinski definition) is 4. The number of nitrogens with one attached hydrogen (secondary N) is 1. The summed E-state index contributed by atoms with van der Waals surface area (Å²) in [5.41, 5.74) is 0. The Morgan fingerprint density at radius 1 is 0.358 bits per heavy atom. The number of hydrogen-bond donors (Lipinski definition) is 4. The van der Waals surface area contributed by atoms with Crippen molar-refractivity contribution in [3.63, 3.8) is 0 Å². The van der Waals surface area contributed by atoms with Gasteiger partial charge in [0.15, 0.2) is 0 Å². The molecular weight excluding hydrogens is 823 g/mol. The molecule has 0 radical (unpaired) electrons. The van der Waals surface area contributed by atoms with Crippen molar-refractivity contribution >= 4 is 5.91 Å². The smallest absolute Gasteiger partial charge is 0.220 e. The summed E-state index contributed by atoms with van der Waals surface area (Å²) in [5, 5.41) is 33.8. The minimum Gasteiger partial charge on any atom is -0.394 e. The Hall–Kier alpha value is -1.43. The average molecular weight is 943 g/mol. The molecule has 0 aromatic rings. The Morgan fingerprint density at radius 3 is 0.910 bits per heavy atom. The highest BCUT2D eigenvalue weighted by Gasteiger charge is 2.26. The zero-order valence-electron chi connectivity index (χ0n) is 45.3. The third kappa shape index (κ3) is 52.2. The number of rotatable bonds is 56. The number of aliphatic hydroxyl groups excluding tert-OH is 3. The van der Waals surface area contributed by atoms with Crippen molar-refractivity contribution in [2.75, 3.05) is 6.61 Å². The fourth-order valence-electron chi connectivity index (χ4n) is 9.53. The lowest BCUT2D eigenvalue weighted by molar-refractivity contribution is -0.124. The highest BCUT2D eigenvalue weighted by atomic mass is 16.3. The van der Waals surface area contributed by atoms with E-state index < -0.39 is 18.2 Å². The maximum absolute atomic E-state index is 12.5. The van der Waals surface area contributed by atoms with E-state index in [9.17, 15) is 20.1 Å². The van der Waals surface area contributed by atoms with Crippen molar-refractivity contribution in [1.82, 2.24) is 5.32 Å². The molecule has 0 aliphatic heterocycles. The first-order valence-corrected chi connectivity index (χ1v) is 30.3. The standard InChI is InChI=1S/C62H119NO4/c1-3-5-7-9-11-13-15-17-19-21-23-25-27-28-29-30-31-32-33-35-37-39-41-43-45-47-49-51-53-55-57-61(66)63-59(58-64)62(67)60(65)56-54-52-50-48-46-44-42-40-38-36-34-26-24-22-20-18-16-14-12-10-8-6-4-2/h28-29,40,42,48,50,59-60,62,64-65,67H,3-27,30-39,41,43-47,49,51-58H2,1-2H3,(H,63,66)/b29-28-,42-40+,50-48+. The van der Waals surface area contributed by atoms with E-state index in [0.717, 1.165) is 44.9 Å². The summed E-state index contributed by atoms with van der Waals surface area (Å²) in [6, 6.07) is -0.833. The van der Waals surface area contributed by atoms with E-state index in [1.54, 1.807) is 0 Å². The molecule has 0 fully saturated rings. The molecule has 0 aliphatic carbocycles. The van der Waals surface area contributed by atoms with Crippen LogP contribution >= 0.6 is 0 Å². The molecule has 396 valence electrons. The van der Waals surface area contributed by atoms with E-state index in [0.29, 0.717) is 12.8 Å². The van der Waals surface area contributed by atoms with E-state index in [-0.39, 0.29) is 12.5 Å². The first-order chi connectivity index (χ1) is 33.1. The van der Waals surface area contributed by atoms with Crippen LogP contribution in [0.15, 0.2) is 36.5 Å². The fourth-order valence-corrected chi connectivity index (χ4v) is 9.53. The Bertz CT molecular complexity index is 1040. The van der Waals surface area contributed by atoms with Gasteiger partial charge in [0.1, 0.15) is 6.10 Å². The summed E-state index contributed by atoms with van der Waals surface area (Å²) in [6.45, 7) is 4.20. The van der Waals surface area contributed by atoms with Crippen LogP contribution in [0, 0.1) is 0 Å². The highest BCUT2D eigenvalue weighted by molar-refractivity contribution is 5.76. The Balaban J connectivity index is 3.55. The molecule has 5 heteroatoms. The summed E-state index contributed by atoms with van der Waals surface area (Å²) >= 11 is 0. The lowest BCUT2D eigenvalue weighted by Crippen LogP contribution is -2.50. The van der Waals surface area contributed by atoms with Gasteiger partial charge in [0, 0.05) is 6.42 Å². The molecule has 0 spiro atoms. The molecule has 5 nitrogen and oxygen atoms in total. The van der Waals surface area contributed by atoms with Gasteiger partial charge >= 0.3 is 0 Å². The molecule has 0 aromatic carbocycles. The van der Waals surface area contributed by atoms with E-state index in [2.05, 4.69) is 55.6 Å². The quantitative estimate of drug-likeness (QED) is 0.0361. The lowest BCUT2D eigenvalue weighted by atomic mass is 10.0. The van der Waals surface area contributed by atoms with Crippen LogP contribution in [0.5, 0.6) is 0 Å². The van der Waals surface area contributed by atoms with Crippen LogP contribution in [0.1, 0.15) is 328 Å². The van der Waals surface area contributed by atoms with Crippen molar-refractivity contribution in [1.29, 1.82) is 0 Å². The number of carbonyl (C=O) groups is 1. The van der Waals surface area contributed by atoms with Crippen LogP contribution < -0.4 is 5.32 Å². The fraction of sp³-hybridized carbons (Fsp3) is 0.887. The zero-order chi connectivity index (χ0) is 48.6. The van der Waals surface area contributed by atoms with E-state index >= 15 is 0 Å². The lowest BCUT2D eigenvalue weighted by Gasteiger charge is -2.26. The van der Waals surface area contributed by atoms with Crippen molar-refractivity contribution < 1.29 is 20.1 Å². The second kappa shape index (κ2) is 57.2. The minimum absolute atomic E-state index is 0.154. The van der Waals surface area contributed by atoms with Gasteiger partial charge in [-0.2, -0.15) is 0 Å². The van der Waals surface area contributed by atoms with Crippen molar-refractivity contribution in [2.24, 2.45) is 0 Å². The van der Waals surface area contributed by atoms with Gasteiger partial charge in [0.25, 0.3) is 0 Å². The molecular formula is C62H119NO4. The molecule has 0 aliphatic rings. The molecule has 0 rings (SSSR count). The Labute approximate surface area is 419 Å². The van der Waals surface area contributed by atoms with Crippen molar-refractivity contribution in [2.45, 2.75) is 347 Å². The van der Waals surface area contributed by atoms with Crippen LogP contribution in [-0.2, 0) is 4.79 Å². The molecule has 0 saturated carbocycles. The molecule has 0 heterocycles. The van der Waals surface area contributed by atoms with Crippen LogP contribution in [0.2, 0.25) is 0 Å². The number of allylic oxidation sites excluding steroid dienone is 6. The third-order valence-electron chi connectivity index (χ3n) is 14.2. The topological polar surface area (TPSA) is 89.8 Å². The highest BCUT2D eigenvalue weighted by Crippen LogP contribution is 2.17. The largest absolute Gasteiger partial charge is 0.394 e. The monoisotopic (exact) mass is 942 g/mol. The Morgan fingerprint density at radius 2 is 0.612 bits per heavy atom. The van der Waals surface area contributed by atoms with Gasteiger partial charge in [-0.3, -0.25) is 4.79 Å². The van der Waals surface area contributed by atoms with Gasteiger partial charge in [-0.25, -0.2) is 0 Å². The SMILES string of the molecule is CCCCCCCCCCCCCC/C=C\CCCCCCCCCCCCCCCCC(=O)NC(CO)C(O)C(O)CCC/C=C/CC/C=C/CCCCCCCCCCCCCCCC. The third-order valence-corrected chi connectivity index (χ3v) is 14.2. The summed E-state index contributed by atoms with van der Waals surface area (Å²) in [4.78, 5) is 12.5. The first kappa shape index (κ1) is 65.6. The maximum atomic E-state index is 12.5. The van der Waals surface area contributed by atoms with Gasteiger partial charge in [0.2, 0.25) is 5.91 Å². The first-order valence-electron chi connectivity index (χ1n) is 30.3. The second-order valence-corrected chi connectivity index (χ2v) is 20.9. The molecule has 67 heavy (non-hydrogen) atoms. The van der Waals surface area contributed by atoms with Crippen LogP contribution in [0.25, 0.3) is 0 Å². The molecule has 3 unspecified atom stereocenters. The van der Waals surface area contributed by atoms with Crippen LogP contribution in [0.3, 0.4) is 0 Å². The second-order valence-electron chi connectivity index (χ2n) is 20.9. The summed E-state index contributed by atoms with van der Waals surface area (Å²) in [5.74, 6) is -0.154. The zero-order valence-corrected chi connectivity index (χ0v) is 45.3. The van der Waals surface area contributed by atoms with Gasteiger partial charge in [0.05, 0.1) is 18.8 Å². The summed E-state index contributed by atoms with van der Waals surface area (Å²) in [7, 11) is 0. The number of aliphatic hydroxyl groups is 3. The van der Waals surface area contributed by atoms with Gasteiger partial charge in [-0.05, 0) is 77.0 Å². The summed E-state index contributed by atoms with van der Waals surface area (Å²) in [6.07, 6.45) is 74.6. The van der Waals surface area contributed by atoms with Crippen LogP contribution in [0.4, 0.5) is 0 Å². The van der Waals surface area contributed by atoms with Gasteiger partial charge in [-0.15, -0.1) is 0 Å². The number of carbonyl (C=O) groups excluding carboxylic acids is 1.